The van der Waals surface area contributed by atoms with Gasteiger partial charge in [-0.1, -0.05) is 12.1 Å². The molecule has 31 heavy (non-hydrogen) atoms. The number of likely N-dealkylation sites (tertiary alicyclic amines) is 1. The summed E-state index contributed by atoms with van der Waals surface area (Å²) in [6.07, 6.45) is 2.26. The zero-order chi connectivity index (χ0) is 21.5. The Morgan fingerprint density at radius 3 is 2.03 bits per heavy atom. The van der Waals surface area contributed by atoms with Crippen LogP contribution in [-0.2, 0) is 20.9 Å². The molecule has 3 aliphatic heterocycles. The van der Waals surface area contributed by atoms with Crippen molar-refractivity contribution in [3.63, 3.8) is 0 Å². The normalized spacial score (nSPS) is 21.4. The number of carbonyl (C=O) groups is 2. The Bertz CT molecular complexity index is 721. The van der Waals surface area contributed by atoms with Gasteiger partial charge in [-0.3, -0.25) is 24.3 Å². The number of amides is 2. The zero-order valence-corrected chi connectivity index (χ0v) is 18.4. The summed E-state index contributed by atoms with van der Waals surface area (Å²) in [6.45, 7) is 10.5. The van der Waals surface area contributed by atoms with Crippen LogP contribution in [0.3, 0.4) is 0 Å². The minimum Gasteiger partial charge on any atom is -0.379 e. The summed E-state index contributed by atoms with van der Waals surface area (Å²) in [5.41, 5.74) is 2.09. The van der Waals surface area contributed by atoms with Crippen molar-refractivity contribution in [3.05, 3.63) is 29.8 Å². The fourth-order valence-corrected chi connectivity index (χ4v) is 4.48. The maximum Gasteiger partial charge on any atom is 0.238 e. The average molecular weight is 430 g/mol. The Balaban J connectivity index is 1.15. The second-order valence-electron chi connectivity index (χ2n) is 8.77. The van der Waals surface area contributed by atoms with Gasteiger partial charge in [-0.15, -0.1) is 0 Å². The lowest BCUT2D eigenvalue weighted by Crippen LogP contribution is -2.51. The summed E-state index contributed by atoms with van der Waals surface area (Å²) in [4.78, 5) is 33.5. The van der Waals surface area contributed by atoms with Crippen molar-refractivity contribution in [3.8, 4) is 0 Å². The van der Waals surface area contributed by atoms with E-state index in [-0.39, 0.29) is 11.8 Å². The van der Waals surface area contributed by atoms with Crippen molar-refractivity contribution >= 4 is 17.5 Å². The molecule has 170 valence electrons. The van der Waals surface area contributed by atoms with Crippen molar-refractivity contribution in [2.24, 2.45) is 0 Å². The first-order chi connectivity index (χ1) is 15.2. The van der Waals surface area contributed by atoms with E-state index in [2.05, 4.69) is 32.1 Å². The molecular weight excluding hydrogens is 394 g/mol. The summed E-state index contributed by atoms with van der Waals surface area (Å²) in [5.74, 6) is 0.267. The van der Waals surface area contributed by atoms with E-state index in [1.54, 1.807) is 0 Å². The van der Waals surface area contributed by atoms with Gasteiger partial charge < -0.3 is 15.0 Å². The highest BCUT2D eigenvalue weighted by Gasteiger charge is 2.24. The number of ether oxygens (including phenoxy) is 1. The number of hydrogen-bond donors (Lipinski definition) is 1. The van der Waals surface area contributed by atoms with E-state index < -0.39 is 0 Å². The van der Waals surface area contributed by atoms with Gasteiger partial charge in [0.25, 0.3) is 0 Å². The van der Waals surface area contributed by atoms with Gasteiger partial charge in [0.2, 0.25) is 11.8 Å². The topological polar surface area (TPSA) is 68.4 Å². The van der Waals surface area contributed by atoms with E-state index in [1.165, 1.54) is 5.56 Å². The Hall–Kier alpha value is -2.00. The molecule has 0 aliphatic carbocycles. The zero-order valence-electron chi connectivity index (χ0n) is 18.4. The molecule has 3 heterocycles. The third-order valence-electron chi connectivity index (χ3n) is 6.40. The Kier molecular flexibility index (Phi) is 7.91. The van der Waals surface area contributed by atoms with Crippen LogP contribution in [-0.4, -0.2) is 110 Å². The standard InChI is InChI=1S/C23H35N5O3/c29-22(24-21-5-3-20(4-6-21)17-27-13-15-31-16-14-27)18-25-9-11-26(12-10-25)19-23(30)28-7-1-2-8-28/h3-6H,1-2,7-19H2,(H,24,29). The van der Waals surface area contributed by atoms with Crippen molar-refractivity contribution in [1.29, 1.82) is 0 Å². The van der Waals surface area contributed by atoms with Crippen LogP contribution in [0.1, 0.15) is 18.4 Å². The minimum absolute atomic E-state index is 0.0162. The lowest BCUT2D eigenvalue weighted by atomic mass is 10.2. The third kappa shape index (κ3) is 6.74. The van der Waals surface area contributed by atoms with E-state index >= 15 is 0 Å². The molecule has 8 heteroatoms. The van der Waals surface area contributed by atoms with Gasteiger partial charge in [0.1, 0.15) is 0 Å². The number of piperazine rings is 1. The quantitative estimate of drug-likeness (QED) is 0.688. The second-order valence-corrected chi connectivity index (χ2v) is 8.77. The van der Waals surface area contributed by atoms with E-state index in [0.717, 1.165) is 90.6 Å². The lowest BCUT2D eigenvalue weighted by Gasteiger charge is -2.34. The van der Waals surface area contributed by atoms with Gasteiger partial charge in [0.15, 0.2) is 0 Å². The number of nitrogens with one attached hydrogen (secondary N) is 1. The van der Waals surface area contributed by atoms with Crippen LogP contribution in [0.2, 0.25) is 0 Å². The van der Waals surface area contributed by atoms with Crippen LogP contribution in [0.5, 0.6) is 0 Å². The molecule has 0 spiro atoms. The Labute approximate surface area is 185 Å². The van der Waals surface area contributed by atoms with Gasteiger partial charge in [-0.2, -0.15) is 0 Å². The monoisotopic (exact) mass is 429 g/mol. The summed E-state index contributed by atoms with van der Waals surface area (Å²) < 4.78 is 5.39. The number of carbonyl (C=O) groups excluding carboxylic acids is 2. The first kappa shape index (κ1) is 22.2. The number of benzene rings is 1. The van der Waals surface area contributed by atoms with Crippen LogP contribution >= 0.6 is 0 Å². The van der Waals surface area contributed by atoms with Crippen LogP contribution in [0, 0.1) is 0 Å². The summed E-state index contributed by atoms with van der Waals surface area (Å²) in [5, 5.41) is 3.01. The van der Waals surface area contributed by atoms with E-state index in [0.29, 0.717) is 13.1 Å². The van der Waals surface area contributed by atoms with Crippen LogP contribution in [0.15, 0.2) is 24.3 Å². The molecule has 8 nitrogen and oxygen atoms in total. The number of nitrogens with zero attached hydrogens (tertiary/aromatic N) is 4. The smallest absolute Gasteiger partial charge is 0.238 e. The van der Waals surface area contributed by atoms with Crippen molar-refractivity contribution in [2.75, 3.05) is 84.0 Å². The Morgan fingerprint density at radius 1 is 0.774 bits per heavy atom. The molecule has 0 saturated carbocycles. The van der Waals surface area contributed by atoms with Gasteiger partial charge >= 0.3 is 0 Å². The van der Waals surface area contributed by atoms with Crippen LogP contribution in [0.25, 0.3) is 0 Å². The predicted molar refractivity (Wildman–Crippen MR) is 120 cm³/mol. The van der Waals surface area contributed by atoms with E-state index in [1.807, 2.05) is 17.0 Å². The molecule has 4 rings (SSSR count). The van der Waals surface area contributed by atoms with E-state index in [4.69, 9.17) is 4.74 Å². The SMILES string of the molecule is O=C(CN1CCN(CC(=O)N2CCCC2)CC1)Nc1ccc(CN2CCOCC2)cc1. The van der Waals surface area contributed by atoms with Crippen LogP contribution in [0.4, 0.5) is 5.69 Å². The summed E-state index contributed by atoms with van der Waals surface area (Å²) in [7, 11) is 0. The first-order valence-electron chi connectivity index (χ1n) is 11.6. The maximum atomic E-state index is 12.5. The molecule has 1 aromatic rings. The highest BCUT2D eigenvalue weighted by Crippen LogP contribution is 2.13. The molecule has 0 aromatic heterocycles. The van der Waals surface area contributed by atoms with E-state index in [9.17, 15) is 9.59 Å². The maximum absolute atomic E-state index is 12.5. The molecule has 0 bridgehead atoms. The van der Waals surface area contributed by atoms with Gasteiger partial charge in [0, 0.05) is 64.6 Å². The molecule has 1 N–H and O–H groups in total. The average Bonchev–Trinajstić information content (AvgIpc) is 3.32. The van der Waals surface area contributed by atoms with Crippen LogP contribution < -0.4 is 5.32 Å². The number of rotatable bonds is 7. The van der Waals surface area contributed by atoms with Crippen molar-refractivity contribution < 1.29 is 14.3 Å². The number of morpholine rings is 1. The minimum atomic E-state index is 0.0162. The van der Waals surface area contributed by atoms with Gasteiger partial charge in [-0.05, 0) is 30.5 Å². The molecule has 2 amide bonds. The Morgan fingerprint density at radius 2 is 1.39 bits per heavy atom. The number of anilines is 1. The summed E-state index contributed by atoms with van der Waals surface area (Å²) >= 11 is 0. The fourth-order valence-electron chi connectivity index (χ4n) is 4.48. The first-order valence-corrected chi connectivity index (χ1v) is 11.6. The number of hydrogen-bond acceptors (Lipinski definition) is 6. The highest BCUT2D eigenvalue weighted by atomic mass is 16.5. The molecule has 0 radical (unpaired) electrons. The van der Waals surface area contributed by atoms with Crippen molar-refractivity contribution in [1.82, 2.24) is 19.6 Å². The molecule has 3 fully saturated rings. The molecular formula is C23H35N5O3. The van der Waals surface area contributed by atoms with Gasteiger partial charge in [0.05, 0.1) is 26.3 Å². The highest BCUT2D eigenvalue weighted by molar-refractivity contribution is 5.92. The predicted octanol–water partition coefficient (Wildman–Crippen LogP) is 0.697. The summed E-state index contributed by atoms with van der Waals surface area (Å²) in [6, 6.07) is 8.13. The second kappa shape index (κ2) is 11.0. The third-order valence-corrected chi connectivity index (χ3v) is 6.40. The lowest BCUT2D eigenvalue weighted by molar-refractivity contribution is -0.132. The largest absolute Gasteiger partial charge is 0.379 e. The molecule has 3 saturated heterocycles. The van der Waals surface area contributed by atoms with Crippen molar-refractivity contribution in [2.45, 2.75) is 19.4 Å². The van der Waals surface area contributed by atoms with Gasteiger partial charge in [-0.25, -0.2) is 0 Å². The molecule has 3 aliphatic rings. The molecule has 0 atom stereocenters. The molecule has 1 aromatic carbocycles. The molecule has 0 unspecified atom stereocenters. The fraction of sp³-hybridized carbons (Fsp3) is 0.652.